The number of aromatic nitrogens is 1. The molecule has 1 heterocycles. The summed E-state index contributed by atoms with van der Waals surface area (Å²) in [5.41, 5.74) is 4.73. The molecule has 0 unspecified atom stereocenters. The van der Waals surface area contributed by atoms with Crippen molar-refractivity contribution in [3.63, 3.8) is 0 Å². The van der Waals surface area contributed by atoms with Crippen LogP contribution >= 0.6 is 0 Å². The van der Waals surface area contributed by atoms with Gasteiger partial charge in [0.2, 0.25) is 0 Å². The van der Waals surface area contributed by atoms with E-state index in [0.29, 0.717) is 0 Å². The van der Waals surface area contributed by atoms with Crippen LogP contribution in [0.1, 0.15) is 23.4 Å². The van der Waals surface area contributed by atoms with Crippen molar-refractivity contribution in [1.82, 2.24) is 4.98 Å². The molecular weight excluding hydrogens is 207 g/mol. The molecule has 0 aromatic carbocycles. The zero-order valence-corrected chi connectivity index (χ0v) is 7.67. The smallest absolute Gasteiger partial charge is 0.283 e. The lowest BCUT2D eigenvalue weighted by atomic mass is 10.1. The summed E-state index contributed by atoms with van der Waals surface area (Å²) in [6.07, 6.45) is -3.08. The molecule has 80 valence electrons. The first-order valence-electron chi connectivity index (χ1n) is 4.13. The molecule has 1 aromatic rings. The van der Waals surface area contributed by atoms with E-state index in [4.69, 9.17) is 11.0 Å². The zero-order chi connectivity index (χ0) is 11.4. The third-order valence-electron chi connectivity index (χ3n) is 1.84. The average Bonchev–Trinajstić information content (AvgIpc) is 2.18. The number of rotatable bonds is 3. The maximum atomic E-state index is 13.0. The average molecular weight is 215 g/mol. The summed E-state index contributed by atoms with van der Waals surface area (Å²) in [6, 6.07) is 2.67. The Kier molecular flexibility index (Phi) is 3.63. The van der Waals surface area contributed by atoms with E-state index in [1.165, 1.54) is 0 Å². The van der Waals surface area contributed by atoms with Crippen LogP contribution in [0.25, 0.3) is 0 Å². The first-order chi connectivity index (χ1) is 7.10. The monoisotopic (exact) mass is 215 g/mol. The fourth-order valence-electron chi connectivity index (χ4n) is 1.15. The molecule has 1 aromatic heterocycles. The second-order valence-corrected chi connectivity index (χ2v) is 2.80. The third kappa shape index (κ3) is 2.44. The number of pyridine rings is 1. The van der Waals surface area contributed by atoms with Crippen LogP contribution in [0.5, 0.6) is 0 Å². The van der Waals surface area contributed by atoms with Crippen molar-refractivity contribution >= 4 is 0 Å². The number of nitriles is 1. The molecule has 0 aliphatic heterocycles. The van der Waals surface area contributed by atoms with Crippen molar-refractivity contribution in [2.45, 2.75) is 19.4 Å². The minimum atomic E-state index is -2.98. The lowest BCUT2D eigenvalue weighted by Gasteiger charge is -2.07. The largest absolute Gasteiger partial charge is 0.325 e. The van der Waals surface area contributed by atoms with E-state index in [0.717, 1.165) is 6.07 Å². The number of nitrogens with two attached hydrogens (primary N) is 1. The minimum Gasteiger partial charge on any atom is -0.325 e. The molecule has 0 atom stereocenters. The van der Waals surface area contributed by atoms with E-state index in [1.54, 1.807) is 6.07 Å². The normalized spacial score (nSPS) is 10.4. The zero-order valence-electron chi connectivity index (χ0n) is 7.67. The fourth-order valence-corrected chi connectivity index (χ4v) is 1.15. The van der Waals surface area contributed by atoms with E-state index in [1.807, 2.05) is 0 Å². The SMILES string of the molecule is N#CCc1cc(F)c(C(F)F)nc1CN. The van der Waals surface area contributed by atoms with Gasteiger partial charge in [-0.3, -0.25) is 0 Å². The summed E-state index contributed by atoms with van der Waals surface area (Å²) >= 11 is 0. The van der Waals surface area contributed by atoms with Gasteiger partial charge in [0.15, 0.2) is 5.82 Å². The Bertz CT molecular complexity index is 398. The van der Waals surface area contributed by atoms with Gasteiger partial charge in [0.1, 0.15) is 5.69 Å². The molecule has 0 saturated carbocycles. The highest BCUT2D eigenvalue weighted by molar-refractivity contribution is 5.27. The van der Waals surface area contributed by atoms with Gasteiger partial charge in [0.25, 0.3) is 6.43 Å². The lowest BCUT2D eigenvalue weighted by molar-refractivity contribution is 0.140. The molecule has 0 radical (unpaired) electrons. The molecule has 15 heavy (non-hydrogen) atoms. The minimum absolute atomic E-state index is 0.0973. The molecule has 0 spiro atoms. The fraction of sp³-hybridized carbons (Fsp3) is 0.333. The van der Waals surface area contributed by atoms with Gasteiger partial charge < -0.3 is 5.73 Å². The van der Waals surface area contributed by atoms with Crippen LogP contribution in [-0.2, 0) is 13.0 Å². The van der Waals surface area contributed by atoms with E-state index in [-0.39, 0.29) is 24.2 Å². The van der Waals surface area contributed by atoms with Crippen molar-refractivity contribution in [2.75, 3.05) is 0 Å². The molecule has 0 aliphatic carbocycles. The van der Waals surface area contributed by atoms with Crippen molar-refractivity contribution < 1.29 is 13.2 Å². The second-order valence-electron chi connectivity index (χ2n) is 2.80. The molecule has 0 aliphatic rings. The predicted octanol–water partition coefficient (Wildman–Crippen LogP) is 1.68. The number of nitrogens with zero attached hydrogens (tertiary/aromatic N) is 2. The molecule has 2 N–H and O–H groups in total. The highest BCUT2D eigenvalue weighted by Crippen LogP contribution is 2.22. The standard InChI is InChI=1S/C9H8F3N3/c10-6-3-5(1-2-13)7(4-14)15-8(6)9(11)12/h3,9H,1,4,14H2. The lowest BCUT2D eigenvalue weighted by Crippen LogP contribution is -2.09. The number of hydrogen-bond donors (Lipinski definition) is 1. The molecule has 0 amide bonds. The van der Waals surface area contributed by atoms with E-state index >= 15 is 0 Å². The van der Waals surface area contributed by atoms with E-state index < -0.39 is 17.9 Å². The molecule has 0 saturated heterocycles. The number of halogens is 3. The highest BCUT2D eigenvalue weighted by atomic mass is 19.3. The van der Waals surface area contributed by atoms with Gasteiger partial charge in [0.05, 0.1) is 18.2 Å². The Morgan fingerprint density at radius 1 is 1.53 bits per heavy atom. The van der Waals surface area contributed by atoms with Crippen LogP contribution in [0, 0.1) is 17.1 Å². The Hall–Kier alpha value is -1.61. The van der Waals surface area contributed by atoms with Gasteiger partial charge in [-0.05, 0) is 11.6 Å². The van der Waals surface area contributed by atoms with Crippen molar-refractivity contribution in [1.29, 1.82) is 5.26 Å². The Labute approximate surface area is 84.3 Å². The Morgan fingerprint density at radius 2 is 2.20 bits per heavy atom. The van der Waals surface area contributed by atoms with Gasteiger partial charge in [-0.25, -0.2) is 18.2 Å². The Morgan fingerprint density at radius 3 is 2.67 bits per heavy atom. The summed E-state index contributed by atoms with van der Waals surface area (Å²) in [7, 11) is 0. The molecule has 6 heteroatoms. The summed E-state index contributed by atoms with van der Waals surface area (Å²) in [4.78, 5) is 3.41. The van der Waals surface area contributed by atoms with Crippen molar-refractivity contribution in [3.8, 4) is 6.07 Å². The maximum Gasteiger partial charge on any atom is 0.283 e. The van der Waals surface area contributed by atoms with E-state index in [9.17, 15) is 13.2 Å². The van der Waals surface area contributed by atoms with Gasteiger partial charge in [-0.15, -0.1) is 0 Å². The first kappa shape index (κ1) is 11.5. The van der Waals surface area contributed by atoms with Crippen LogP contribution in [0.15, 0.2) is 6.07 Å². The van der Waals surface area contributed by atoms with E-state index in [2.05, 4.69) is 4.98 Å². The Balaban J connectivity index is 3.24. The number of hydrogen-bond acceptors (Lipinski definition) is 3. The molecule has 1 rings (SSSR count). The number of alkyl halides is 2. The van der Waals surface area contributed by atoms with Gasteiger partial charge in [0, 0.05) is 6.54 Å². The molecule has 0 bridgehead atoms. The first-order valence-corrected chi connectivity index (χ1v) is 4.13. The summed E-state index contributed by atoms with van der Waals surface area (Å²) in [6.45, 7) is -0.100. The van der Waals surface area contributed by atoms with Crippen LogP contribution in [0.4, 0.5) is 13.2 Å². The molecule has 0 fully saturated rings. The van der Waals surface area contributed by atoms with Gasteiger partial charge in [-0.2, -0.15) is 5.26 Å². The van der Waals surface area contributed by atoms with Crippen LogP contribution in [0.3, 0.4) is 0 Å². The highest BCUT2D eigenvalue weighted by Gasteiger charge is 2.18. The topological polar surface area (TPSA) is 62.7 Å². The van der Waals surface area contributed by atoms with Gasteiger partial charge in [-0.1, -0.05) is 0 Å². The van der Waals surface area contributed by atoms with Crippen LogP contribution in [0.2, 0.25) is 0 Å². The second kappa shape index (κ2) is 4.75. The van der Waals surface area contributed by atoms with Crippen LogP contribution in [-0.4, -0.2) is 4.98 Å². The summed E-state index contributed by atoms with van der Waals surface area (Å²) in [5, 5.41) is 8.42. The molecular formula is C9H8F3N3. The maximum absolute atomic E-state index is 13.0. The predicted molar refractivity (Wildman–Crippen MR) is 46.4 cm³/mol. The van der Waals surface area contributed by atoms with Gasteiger partial charge >= 0.3 is 0 Å². The molecule has 3 nitrogen and oxygen atoms in total. The van der Waals surface area contributed by atoms with Crippen LogP contribution < -0.4 is 5.73 Å². The van der Waals surface area contributed by atoms with Crippen molar-refractivity contribution in [3.05, 3.63) is 28.8 Å². The quantitative estimate of drug-likeness (QED) is 0.834. The summed E-state index contributed by atoms with van der Waals surface area (Å²) in [5.74, 6) is -1.10. The summed E-state index contributed by atoms with van der Waals surface area (Å²) < 4.78 is 37.6. The third-order valence-corrected chi connectivity index (χ3v) is 1.84. The van der Waals surface area contributed by atoms with Crippen molar-refractivity contribution in [2.24, 2.45) is 5.73 Å².